The van der Waals surface area contributed by atoms with Crippen molar-refractivity contribution in [3.05, 3.63) is 35.1 Å². The van der Waals surface area contributed by atoms with Crippen molar-refractivity contribution >= 4 is 21.8 Å². The summed E-state index contributed by atoms with van der Waals surface area (Å²) in [6, 6.07) is 2.65. The minimum Gasteiger partial charge on any atom is -0.351 e. The van der Waals surface area contributed by atoms with E-state index in [-0.39, 0.29) is 11.4 Å². The highest BCUT2D eigenvalue weighted by molar-refractivity contribution is 9.09. The van der Waals surface area contributed by atoms with E-state index >= 15 is 0 Å². The van der Waals surface area contributed by atoms with E-state index in [1.165, 1.54) is 0 Å². The van der Waals surface area contributed by atoms with Gasteiger partial charge < -0.3 is 5.32 Å². The number of nitrogens with one attached hydrogen (secondary N) is 1. The van der Waals surface area contributed by atoms with Gasteiger partial charge in [0.1, 0.15) is 5.82 Å². The van der Waals surface area contributed by atoms with Gasteiger partial charge in [-0.25, -0.2) is 4.39 Å². The molecule has 1 unspecified atom stereocenters. The average molecular weight is 356 g/mol. The molecule has 2 nitrogen and oxygen atoms in total. The molecule has 1 atom stereocenters. The molecule has 1 amide bonds. The fraction of sp³-hybridized carbons (Fsp3) is 0.462. The SMILES string of the molecule is CCCC(Br)CNC(=O)c1cccc(C(F)(F)F)c1F. The normalized spacial score (nSPS) is 13.1. The highest BCUT2D eigenvalue weighted by Gasteiger charge is 2.35. The molecule has 0 aliphatic rings. The van der Waals surface area contributed by atoms with Crippen LogP contribution in [0.25, 0.3) is 0 Å². The van der Waals surface area contributed by atoms with Crippen molar-refractivity contribution in [1.29, 1.82) is 0 Å². The monoisotopic (exact) mass is 355 g/mol. The van der Waals surface area contributed by atoms with E-state index in [4.69, 9.17) is 0 Å². The Hall–Kier alpha value is -1.11. The van der Waals surface area contributed by atoms with Crippen LogP contribution in [0.1, 0.15) is 35.7 Å². The molecule has 112 valence electrons. The summed E-state index contributed by atoms with van der Waals surface area (Å²) in [6.07, 6.45) is -3.13. The Morgan fingerprint density at radius 1 is 1.40 bits per heavy atom. The summed E-state index contributed by atoms with van der Waals surface area (Å²) >= 11 is 3.32. The molecule has 1 aromatic carbocycles. The molecule has 0 saturated heterocycles. The minimum atomic E-state index is -4.82. The number of benzene rings is 1. The maximum absolute atomic E-state index is 13.7. The lowest BCUT2D eigenvalue weighted by Crippen LogP contribution is -2.30. The molecule has 1 rings (SSSR count). The summed E-state index contributed by atoms with van der Waals surface area (Å²) in [6.45, 7) is 2.19. The summed E-state index contributed by atoms with van der Waals surface area (Å²) in [5.74, 6) is -2.40. The summed E-state index contributed by atoms with van der Waals surface area (Å²) in [5.41, 5.74) is -2.04. The van der Waals surface area contributed by atoms with Gasteiger partial charge in [-0.1, -0.05) is 35.3 Å². The molecule has 0 aromatic heterocycles. The molecule has 20 heavy (non-hydrogen) atoms. The first-order valence-electron chi connectivity index (χ1n) is 6.05. The summed E-state index contributed by atoms with van der Waals surface area (Å²) in [4.78, 5) is 11.7. The third-order valence-corrected chi connectivity index (χ3v) is 3.42. The summed E-state index contributed by atoms with van der Waals surface area (Å²) in [7, 11) is 0. The Labute approximate surface area is 122 Å². The van der Waals surface area contributed by atoms with Crippen LogP contribution >= 0.6 is 15.9 Å². The first kappa shape index (κ1) is 16.9. The zero-order valence-electron chi connectivity index (χ0n) is 10.7. The number of carbonyl (C=O) groups is 1. The van der Waals surface area contributed by atoms with Crippen LogP contribution < -0.4 is 5.32 Å². The van der Waals surface area contributed by atoms with E-state index in [0.29, 0.717) is 6.07 Å². The molecule has 0 heterocycles. The van der Waals surface area contributed by atoms with Gasteiger partial charge >= 0.3 is 6.18 Å². The first-order chi connectivity index (χ1) is 9.27. The van der Waals surface area contributed by atoms with Crippen LogP contribution in [0.4, 0.5) is 17.6 Å². The van der Waals surface area contributed by atoms with Crippen LogP contribution in [0, 0.1) is 5.82 Å². The second kappa shape index (κ2) is 7.06. The van der Waals surface area contributed by atoms with Crippen molar-refractivity contribution in [1.82, 2.24) is 5.32 Å². The van der Waals surface area contributed by atoms with Gasteiger partial charge in [0.15, 0.2) is 0 Å². The smallest absolute Gasteiger partial charge is 0.351 e. The molecular formula is C13H14BrF4NO. The van der Waals surface area contributed by atoms with Crippen molar-refractivity contribution in [2.75, 3.05) is 6.54 Å². The molecule has 1 aromatic rings. The first-order valence-corrected chi connectivity index (χ1v) is 6.97. The standard InChI is InChI=1S/C13H14BrF4NO/c1-2-4-8(14)7-19-12(20)9-5-3-6-10(11(9)15)13(16,17)18/h3,5-6,8H,2,4,7H2,1H3,(H,19,20). The third kappa shape index (κ3) is 4.47. The van der Waals surface area contributed by atoms with Crippen molar-refractivity contribution in [3.63, 3.8) is 0 Å². The van der Waals surface area contributed by atoms with Gasteiger partial charge in [-0.3, -0.25) is 4.79 Å². The van der Waals surface area contributed by atoms with Crippen LogP contribution in [-0.2, 0) is 6.18 Å². The Kier molecular flexibility index (Phi) is 5.98. The summed E-state index contributed by atoms with van der Waals surface area (Å²) in [5, 5.41) is 2.41. The van der Waals surface area contributed by atoms with Crippen LogP contribution in [0.5, 0.6) is 0 Å². The largest absolute Gasteiger partial charge is 0.419 e. The van der Waals surface area contributed by atoms with E-state index in [0.717, 1.165) is 25.0 Å². The van der Waals surface area contributed by atoms with Crippen LogP contribution in [0.15, 0.2) is 18.2 Å². The number of hydrogen-bond donors (Lipinski definition) is 1. The van der Waals surface area contributed by atoms with Gasteiger partial charge in [0, 0.05) is 11.4 Å². The molecule has 0 radical (unpaired) electrons. The number of halogens is 5. The number of alkyl halides is 4. The second-order valence-corrected chi connectivity index (χ2v) is 5.56. The third-order valence-electron chi connectivity index (χ3n) is 2.63. The Bertz CT molecular complexity index is 476. The molecule has 7 heteroatoms. The highest BCUT2D eigenvalue weighted by Crippen LogP contribution is 2.32. The van der Waals surface area contributed by atoms with Crippen LogP contribution in [-0.4, -0.2) is 17.3 Å². The molecule has 0 bridgehead atoms. The lowest BCUT2D eigenvalue weighted by atomic mass is 10.1. The Morgan fingerprint density at radius 2 is 2.05 bits per heavy atom. The topological polar surface area (TPSA) is 29.1 Å². The number of hydrogen-bond acceptors (Lipinski definition) is 1. The van der Waals surface area contributed by atoms with Crippen molar-refractivity contribution in [3.8, 4) is 0 Å². The zero-order chi connectivity index (χ0) is 15.3. The predicted molar refractivity (Wildman–Crippen MR) is 71.4 cm³/mol. The fourth-order valence-electron chi connectivity index (χ4n) is 1.64. The van der Waals surface area contributed by atoms with E-state index in [1.54, 1.807) is 0 Å². The maximum Gasteiger partial charge on any atom is 0.419 e. The molecule has 1 N–H and O–H groups in total. The van der Waals surface area contributed by atoms with Crippen molar-refractivity contribution < 1.29 is 22.4 Å². The quantitative estimate of drug-likeness (QED) is 0.624. The Morgan fingerprint density at radius 3 is 2.60 bits per heavy atom. The number of rotatable bonds is 5. The van der Waals surface area contributed by atoms with Gasteiger partial charge in [0.25, 0.3) is 5.91 Å². The van der Waals surface area contributed by atoms with Gasteiger partial charge in [-0.15, -0.1) is 0 Å². The molecule has 0 saturated carbocycles. The minimum absolute atomic E-state index is 0.00492. The molecule has 0 aliphatic carbocycles. The van der Waals surface area contributed by atoms with Gasteiger partial charge in [0.05, 0.1) is 11.1 Å². The summed E-state index contributed by atoms with van der Waals surface area (Å²) < 4.78 is 51.3. The molecule has 0 aliphatic heterocycles. The fourth-order valence-corrected chi connectivity index (χ4v) is 2.26. The predicted octanol–water partition coefficient (Wildman–Crippen LogP) is 4.14. The molecular weight excluding hydrogens is 342 g/mol. The lowest BCUT2D eigenvalue weighted by molar-refractivity contribution is -0.140. The van der Waals surface area contributed by atoms with Gasteiger partial charge in [0.2, 0.25) is 0 Å². The molecule has 0 fully saturated rings. The average Bonchev–Trinajstić information content (AvgIpc) is 2.35. The van der Waals surface area contributed by atoms with E-state index in [1.807, 2.05) is 6.92 Å². The highest BCUT2D eigenvalue weighted by atomic mass is 79.9. The van der Waals surface area contributed by atoms with Crippen molar-refractivity contribution in [2.24, 2.45) is 0 Å². The maximum atomic E-state index is 13.7. The van der Waals surface area contributed by atoms with E-state index < -0.39 is 29.0 Å². The van der Waals surface area contributed by atoms with Crippen LogP contribution in [0.3, 0.4) is 0 Å². The van der Waals surface area contributed by atoms with Gasteiger partial charge in [-0.2, -0.15) is 13.2 Å². The second-order valence-electron chi connectivity index (χ2n) is 4.26. The Balaban J connectivity index is 2.84. The van der Waals surface area contributed by atoms with E-state index in [2.05, 4.69) is 21.2 Å². The van der Waals surface area contributed by atoms with Crippen LogP contribution in [0.2, 0.25) is 0 Å². The molecule has 0 spiro atoms. The number of amides is 1. The zero-order valence-corrected chi connectivity index (χ0v) is 12.3. The van der Waals surface area contributed by atoms with Crippen molar-refractivity contribution in [2.45, 2.75) is 30.8 Å². The number of carbonyl (C=O) groups excluding carboxylic acids is 1. The van der Waals surface area contributed by atoms with Gasteiger partial charge in [-0.05, 0) is 18.6 Å². The van der Waals surface area contributed by atoms with E-state index in [9.17, 15) is 22.4 Å². The lowest BCUT2D eigenvalue weighted by Gasteiger charge is -2.13.